The van der Waals surface area contributed by atoms with Gasteiger partial charge in [-0.3, -0.25) is 0 Å². The molecule has 0 unspecified atom stereocenters. The van der Waals surface area contributed by atoms with E-state index in [1.54, 1.807) is 6.07 Å². The van der Waals surface area contributed by atoms with Gasteiger partial charge in [0.1, 0.15) is 5.69 Å². The Morgan fingerprint density at radius 2 is 1.56 bits per heavy atom. The van der Waals surface area contributed by atoms with Crippen LogP contribution in [0.25, 0.3) is 0 Å². The summed E-state index contributed by atoms with van der Waals surface area (Å²) in [5.41, 5.74) is 15.1. The van der Waals surface area contributed by atoms with E-state index >= 15 is 0 Å². The van der Waals surface area contributed by atoms with Crippen molar-refractivity contribution in [3.8, 4) is 0 Å². The maximum atomic E-state index is 5.82. The van der Waals surface area contributed by atoms with E-state index in [0.717, 1.165) is 11.3 Å². The lowest BCUT2D eigenvalue weighted by atomic mass is 10.1. The average Bonchev–Trinajstić information content (AvgIpc) is 2.33. The van der Waals surface area contributed by atoms with Gasteiger partial charge in [0.05, 0.1) is 11.4 Å². The summed E-state index contributed by atoms with van der Waals surface area (Å²) in [7, 11) is 0. The summed E-state index contributed by atoms with van der Waals surface area (Å²) in [4.78, 5) is 0. The van der Waals surface area contributed by atoms with E-state index < -0.39 is 0 Å². The van der Waals surface area contributed by atoms with Gasteiger partial charge in [0.15, 0.2) is 0 Å². The van der Waals surface area contributed by atoms with E-state index in [0.29, 0.717) is 17.1 Å². The molecule has 0 aliphatic heterocycles. The van der Waals surface area contributed by atoms with E-state index in [4.69, 9.17) is 11.5 Å². The summed E-state index contributed by atoms with van der Waals surface area (Å²) in [5.74, 6) is 0. The Balaban J connectivity index is 0.00000162. The van der Waals surface area contributed by atoms with Crippen molar-refractivity contribution in [1.82, 2.24) is 0 Å². The molecule has 0 atom stereocenters. The van der Waals surface area contributed by atoms with Crippen molar-refractivity contribution in [2.24, 2.45) is 10.2 Å². The molecule has 0 bridgehead atoms. The molecule has 0 spiro atoms. The molecule has 0 aliphatic carbocycles. The summed E-state index contributed by atoms with van der Waals surface area (Å²) in [6, 6.07) is 13.0. The number of azo groups is 1. The molecule has 0 aliphatic rings. The molecule has 2 aromatic rings. The van der Waals surface area contributed by atoms with Gasteiger partial charge in [0, 0.05) is 5.69 Å². The number of hydrogen-bond acceptors (Lipinski definition) is 4. The quantitative estimate of drug-likeness (QED) is 0.634. The summed E-state index contributed by atoms with van der Waals surface area (Å²) < 4.78 is 0. The molecule has 0 amide bonds. The van der Waals surface area contributed by atoms with Gasteiger partial charge in [-0.25, -0.2) is 0 Å². The number of aryl methyl sites for hydroxylation is 1. The van der Waals surface area contributed by atoms with Crippen LogP contribution in [0, 0.1) is 6.92 Å². The van der Waals surface area contributed by atoms with Gasteiger partial charge in [-0.1, -0.05) is 18.2 Å². The molecule has 2 rings (SSSR count). The number of hydrogen-bond donors (Lipinski definition) is 2. The first-order valence-corrected chi connectivity index (χ1v) is 5.29. The zero-order valence-corrected chi connectivity index (χ0v) is 10.8. The number of anilines is 2. The van der Waals surface area contributed by atoms with Crippen LogP contribution < -0.4 is 11.5 Å². The van der Waals surface area contributed by atoms with Gasteiger partial charge < -0.3 is 11.5 Å². The van der Waals surface area contributed by atoms with Gasteiger partial charge in [-0.2, -0.15) is 5.11 Å². The molecular formula is C13H15ClN4. The fourth-order valence-electron chi connectivity index (χ4n) is 1.42. The third-order valence-corrected chi connectivity index (χ3v) is 2.44. The van der Waals surface area contributed by atoms with Gasteiger partial charge in [-0.05, 0) is 36.8 Å². The van der Waals surface area contributed by atoms with Crippen LogP contribution in [-0.4, -0.2) is 0 Å². The first-order chi connectivity index (χ1) is 8.16. The first-order valence-electron chi connectivity index (χ1n) is 5.29. The standard InChI is InChI=1S/C13H14N4.ClH/c1-9-7-13(12(15)8-11(9)14)17-16-10-5-3-2-4-6-10;/h2-8H,14-15H2,1H3;1H. The molecular weight excluding hydrogens is 248 g/mol. The zero-order chi connectivity index (χ0) is 12.3. The highest BCUT2D eigenvalue weighted by atomic mass is 35.5. The molecule has 0 fully saturated rings. The number of nitrogens with zero attached hydrogens (tertiary/aromatic N) is 2. The van der Waals surface area contributed by atoms with Crippen LogP contribution in [0.4, 0.5) is 22.7 Å². The largest absolute Gasteiger partial charge is 0.398 e. The highest BCUT2D eigenvalue weighted by Gasteiger charge is 2.01. The van der Waals surface area contributed by atoms with Crippen molar-refractivity contribution in [3.63, 3.8) is 0 Å². The van der Waals surface area contributed by atoms with Crippen LogP contribution in [0.5, 0.6) is 0 Å². The van der Waals surface area contributed by atoms with E-state index in [1.807, 2.05) is 43.3 Å². The third-order valence-electron chi connectivity index (χ3n) is 2.44. The predicted octanol–water partition coefficient (Wildman–Crippen LogP) is 4.00. The SMILES string of the molecule is Cc1cc(N=Nc2ccccc2)c(N)cc1N.Cl. The molecule has 5 heteroatoms. The highest BCUT2D eigenvalue weighted by molar-refractivity contribution is 5.85. The van der Waals surface area contributed by atoms with Crippen molar-refractivity contribution < 1.29 is 0 Å². The molecule has 94 valence electrons. The number of nitrogen functional groups attached to an aromatic ring is 2. The summed E-state index contributed by atoms with van der Waals surface area (Å²) in [6.45, 7) is 1.91. The normalized spacial score (nSPS) is 10.3. The van der Waals surface area contributed by atoms with Crippen LogP contribution >= 0.6 is 12.4 Å². The Kier molecular flexibility index (Phi) is 4.68. The van der Waals surface area contributed by atoms with Gasteiger partial charge in [0.2, 0.25) is 0 Å². The van der Waals surface area contributed by atoms with Crippen LogP contribution in [-0.2, 0) is 0 Å². The smallest absolute Gasteiger partial charge is 0.109 e. The second-order valence-electron chi connectivity index (χ2n) is 3.80. The lowest BCUT2D eigenvalue weighted by Gasteiger charge is -2.04. The average molecular weight is 263 g/mol. The second kappa shape index (κ2) is 6.02. The predicted molar refractivity (Wildman–Crippen MR) is 77.9 cm³/mol. The lowest BCUT2D eigenvalue weighted by molar-refractivity contribution is 1.23. The van der Waals surface area contributed by atoms with Crippen molar-refractivity contribution in [1.29, 1.82) is 0 Å². The fraction of sp³-hybridized carbons (Fsp3) is 0.0769. The van der Waals surface area contributed by atoms with E-state index in [2.05, 4.69) is 10.2 Å². The summed E-state index contributed by atoms with van der Waals surface area (Å²) in [5, 5.41) is 8.23. The van der Waals surface area contributed by atoms with Crippen molar-refractivity contribution in [3.05, 3.63) is 48.0 Å². The number of benzene rings is 2. The monoisotopic (exact) mass is 262 g/mol. The number of nitrogens with two attached hydrogens (primary N) is 2. The Morgan fingerprint density at radius 1 is 0.889 bits per heavy atom. The Labute approximate surface area is 112 Å². The van der Waals surface area contributed by atoms with Crippen LogP contribution in [0.3, 0.4) is 0 Å². The first kappa shape index (κ1) is 14.0. The van der Waals surface area contributed by atoms with Gasteiger partial charge in [0.25, 0.3) is 0 Å². The molecule has 0 aromatic heterocycles. The lowest BCUT2D eigenvalue weighted by Crippen LogP contribution is -1.93. The third kappa shape index (κ3) is 3.21. The topological polar surface area (TPSA) is 76.8 Å². The fourth-order valence-corrected chi connectivity index (χ4v) is 1.42. The van der Waals surface area contributed by atoms with Crippen molar-refractivity contribution in [2.45, 2.75) is 6.92 Å². The molecule has 0 saturated carbocycles. The Morgan fingerprint density at radius 3 is 2.22 bits per heavy atom. The molecule has 2 aromatic carbocycles. The summed E-state index contributed by atoms with van der Waals surface area (Å²) in [6.07, 6.45) is 0. The van der Waals surface area contributed by atoms with Crippen molar-refractivity contribution >= 4 is 35.2 Å². The molecule has 4 N–H and O–H groups in total. The molecule has 4 nitrogen and oxygen atoms in total. The Bertz CT molecular complexity index is 552. The minimum absolute atomic E-state index is 0. The Hall–Kier alpha value is -2.07. The molecule has 18 heavy (non-hydrogen) atoms. The maximum absolute atomic E-state index is 5.82. The highest BCUT2D eigenvalue weighted by Crippen LogP contribution is 2.28. The van der Waals surface area contributed by atoms with E-state index in [1.165, 1.54) is 0 Å². The maximum Gasteiger partial charge on any atom is 0.109 e. The van der Waals surface area contributed by atoms with E-state index in [9.17, 15) is 0 Å². The van der Waals surface area contributed by atoms with Gasteiger partial charge >= 0.3 is 0 Å². The number of rotatable bonds is 2. The minimum atomic E-state index is 0. The summed E-state index contributed by atoms with van der Waals surface area (Å²) >= 11 is 0. The molecule has 0 radical (unpaired) electrons. The second-order valence-corrected chi connectivity index (χ2v) is 3.80. The van der Waals surface area contributed by atoms with Crippen LogP contribution in [0.15, 0.2) is 52.7 Å². The van der Waals surface area contributed by atoms with E-state index in [-0.39, 0.29) is 12.4 Å². The molecule has 0 saturated heterocycles. The number of halogens is 1. The minimum Gasteiger partial charge on any atom is -0.398 e. The van der Waals surface area contributed by atoms with Crippen LogP contribution in [0.2, 0.25) is 0 Å². The zero-order valence-electron chi connectivity index (χ0n) is 10.00. The van der Waals surface area contributed by atoms with Gasteiger partial charge in [-0.15, -0.1) is 17.5 Å². The van der Waals surface area contributed by atoms with Crippen molar-refractivity contribution in [2.75, 3.05) is 11.5 Å². The molecule has 0 heterocycles. The van der Waals surface area contributed by atoms with Crippen LogP contribution in [0.1, 0.15) is 5.56 Å².